The monoisotopic (exact) mass is 359 g/mol. The first-order chi connectivity index (χ1) is 12.1. The number of rotatable bonds is 9. The Morgan fingerprint density at radius 1 is 1.20 bits per heavy atom. The highest BCUT2D eigenvalue weighted by Crippen LogP contribution is 2.20. The van der Waals surface area contributed by atoms with Crippen molar-refractivity contribution in [2.75, 3.05) is 0 Å². The summed E-state index contributed by atoms with van der Waals surface area (Å²) >= 11 is 1.61. The zero-order valence-electron chi connectivity index (χ0n) is 15.0. The van der Waals surface area contributed by atoms with Crippen molar-refractivity contribution >= 4 is 23.4 Å². The second-order valence-electron chi connectivity index (χ2n) is 5.83. The number of amides is 1. The molecule has 2 aromatic rings. The Morgan fingerprint density at radius 3 is 2.44 bits per heavy atom. The molecule has 0 aliphatic rings. The molecule has 1 aromatic carbocycles. The lowest BCUT2D eigenvalue weighted by Crippen LogP contribution is -2.19. The molecule has 134 valence electrons. The van der Waals surface area contributed by atoms with Crippen molar-refractivity contribution < 1.29 is 4.79 Å². The highest BCUT2D eigenvalue weighted by atomic mass is 32.2. The summed E-state index contributed by atoms with van der Waals surface area (Å²) in [6.07, 6.45) is 5.60. The van der Waals surface area contributed by atoms with Gasteiger partial charge in [-0.1, -0.05) is 50.6 Å². The predicted molar refractivity (Wildman–Crippen MR) is 102 cm³/mol. The maximum atomic E-state index is 12.2. The van der Waals surface area contributed by atoms with Gasteiger partial charge in [0, 0.05) is 24.1 Å². The highest BCUT2D eigenvalue weighted by Gasteiger charge is 2.07. The maximum Gasteiger partial charge on any atom is 0.271 e. The Morgan fingerprint density at radius 2 is 1.88 bits per heavy atom. The molecule has 0 saturated carbocycles. The molecule has 1 amide bonds. The molecule has 1 heterocycles. The highest BCUT2D eigenvalue weighted by molar-refractivity contribution is 7.98. The molecule has 1 N–H and O–H groups in total. The van der Waals surface area contributed by atoms with Gasteiger partial charge >= 0.3 is 0 Å². The minimum absolute atomic E-state index is 0.169. The predicted octanol–water partition coefficient (Wildman–Crippen LogP) is 3.79. The molecule has 0 spiro atoms. The van der Waals surface area contributed by atoms with Gasteiger partial charge in [0.25, 0.3) is 5.91 Å². The maximum absolute atomic E-state index is 12.2. The van der Waals surface area contributed by atoms with Gasteiger partial charge in [0.15, 0.2) is 5.16 Å². The van der Waals surface area contributed by atoms with Crippen LogP contribution in [0.25, 0.3) is 0 Å². The average Bonchev–Trinajstić information content (AvgIpc) is 3.03. The third-order valence-corrected chi connectivity index (χ3v) is 4.75. The van der Waals surface area contributed by atoms with E-state index in [1.54, 1.807) is 18.1 Å². The van der Waals surface area contributed by atoms with E-state index in [1.807, 2.05) is 35.9 Å². The van der Waals surface area contributed by atoms with E-state index < -0.39 is 0 Å². The van der Waals surface area contributed by atoms with E-state index in [4.69, 9.17) is 0 Å². The molecule has 6 nitrogen and oxygen atoms in total. The van der Waals surface area contributed by atoms with Crippen LogP contribution in [-0.4, -0.2) is 26.4 Å². The average molecular weight is 359 g/mol. The fraction of sp³-hybridized carbons (Fsp3) is 0.444. The number of carbonyl (C=O) groups is 1. The van der Waals surface area contributed by atoms with Crippen molar-refractivity contribution in [2.24, 2.45) is 12.1 Å². The number of nitrogens with one attached hydrogen (secondary N) is 1. The summed E-state index contributed by atoms with van der Waals surface area (Å²) in [5.41, 5.74) is 5.47. The van der Waals surface area contributed by atoms with Gasteiger partial charge in [-0.3, -0.25) is 4.79 Å². The van der Waals surface area contributed by atoms with Gasteiger partial charge in [-0.05, 0) is 30.5 Å². The van der Waals surface area contributed by atoms with E-state index in [-0.39, 0.29) is 5.91 Å². The van der Waals surface area contributed by atoms with E-state index >= 15 is 0 Å². The molecule has 0 aliphatic carbocycles. The number of aromatic nitrogens is 3. The van der Waals surface area contributed by atoms with Crippen molar-refractivity contribution in [1.82, 2.24) is 20.2 Å². The number of aryl methyl sites for hydroxylation is 1. The number of benzene rings is 1. The Bertz CT molecular complexity index is 701. The molecule has 1 aromatic heterocycles. The van der Waals surface area contributed by atoms with Gasteiger partial charge in [-0.25, -0.2) is 5.43 Å². The van der Waals surface area contributed by atoms with Crippen LogP contribution in [-0.2, 0) is 12.8 Å². The van der Waals surface area contributed by atoms with E-state index in [9.17, 15) is 4.79 Å². The van der Waals surface area contributed by atoms with Crippen molar-refractivity contribution in [3.63, 3.8) is 0 Å². The van der Waals surface area contributed by atoms with Crippen LogP contribution in [0.15, 0.2) is 40.9 Å². The van der Waals surface area contributed by atoms with Gasteiger partial charge in [0.2, 0.25) is 0 Å². The van der Waals surface area contributed by atoms with E-state index in [2.05, 4.69) is 34.6 Å². The fourth-order valence-corrected chi connectivity index (χ4v) is 3.16. The SMILES string of the molecule is CCCC(CCC)=NNC(=O)c1ccc(CSc2nncn2C)cc1. The normalized spacial score (nSPS) is 10.5. The quantitative estimate of drug-likeness (QED) is 0.420. The van der Waals surface area contributed by atoms with Crippen LogP contribution < -0.4 is 5.43 Å². The van der Waals surface area contributed by atoms with Crippen LogP contribution in [0.3, 0.4) is 0 Å². The van der Waals surface area contributed by atoms with Crippen molar-refractivity contribution in [1.29, 1.82) is 0 Å². The molecule has 2 rings (SSSR count). The second kappa shape index (κ2) is 9.98. The fourth-order valence-electron chi connectivity index (χ4n) is 2.31. The Balaban J connectivity index is 1.91. The molecule has 0 aliphatic heterocycles. The van der Waals surface area contributed by atoms with Crippen LogP contribution in [0.2, 0.25) is 0 Å². The molecule has 0 unspecified atom stereocenters. The number of hydrazone groups is 1. The Hall–Kier alpha value is -2.15. The summed E-state index contributed by atoms with van der Waals surface area (Å²) in [4.78, 5) is 12.2. The van der Waals surface area contributed by atoms with Gasteiger partial charge in [-0.2, -0.15) is 5.10 Å². The van der Waals surface area contributed by atoms with Crippen molar-refractivity contribution in [2.45, 2.75) is 50.4 Å². The van der Waals surface area contributed by atoms with Crippen LogP contribution >= 0.6 is 11.8 Å². The van der Waals surface area contributed by atoms with Gasteiger partial charge in [-0.15, -0.1) is 10.2 Å². The van der Waals surface area contributed by atoms with Gasteiger partial charge < -0.3 is 4.57 Å². The van der Waals surface area contributed by atoms with E-state index in [1.165, 1.54) is 0 Å². The zero-order chi connectivity index (χ0) is 18.1. The van der Waals surface area contributed by atoms with Crippen LogP contribution in [0, 0.1) is 0 Å². The zero-order valence-corrected chi connectivity index (χ0v) is 15.8. The van der Waals surface area contributed by atoms with Gasteiger partial charge in [0.1, 0.15) is 6.33 Å². The molecule has 25 heavy (non-hydrogen) atoms. The summed E-state index contributed by atoms with van der Waals surface area (Å²) in [6.45, 7) is 4.23. The first-order valence-corrected chi connectivity index (χ1v) is 9.54. The lowest BCUT2D eigenvalue weighted by molar-refractivity contribution is 0.0954. The molecule has 0 radical (unpaired) electrons. The molecule has 0 bridgehead atoms. The van der Waals surface area contributed by atoms with Crippen molar-refractivity contribution in [3.8, 4) is 0 Å². The minimum atomic E-state index is -0.169. The summed E-state index contributed by atoms with van der Waals surface area (Å²) in [6, 6.07) is 7.58. The lowest BCUT2D eigenvalue weighted by atomic mass is 10.1. The molecule has 0 fully saturated rings. The third kappa shape index (κ3) is 6.01. The van der Waals surface area contributed by atoms with E-state index in [0.29, 0.717) is 5.56 Å². The summed E-state index contributed by atoms with van der Waals surface area (Å²) < 4.78 is 1.88. The smallest absolute Gasteiger partial charge is 0.271 e. The topological polar surface area (TPSA) is 72.2 Å². The van der Waals surface area contributed by atoms with Gasteiger partial charge in [0.05, 0.1) is 0 Å². The van der Waals surface area contributed by atoms with Crippen LogP contribution in [0.5, 0.6) is 0 Å². The molecular formula is C18H25N5OS. The number of carbonyl (C=O) groups excluding carboxylic acids is 1. The van der Waals surface area contributed by atoms with Crippen molar-refractivity contribution in [3.05, 3.63) is 41.7 Å². The molecule has 0 saturated heterocycles. The third-order valence-electron chi connectivity index (χ3n) is 3.65. The Kier molecular flexibility index (Phi) is 7.66. The first kappa shape index (κ1) is 19.2. The number of hydrogen-bond acceptors (Lipinski definition) is 5. The molecule has 0 atom stereocenters. The number of hydrogen-bond donors (Lipinski definition) is 1. The number of nitrogens with zero attached hydrogens (tertiary/aromatic N) is 4. The lowest BCUT2D eigenvalue weighted by Gasteiger charge is -2.06. The largest absolute Gasteiger partial charge is 0.312 e. The summed E-state index contributed by atoms with van der Waals surface area (Å²) in [5, 5.41) is 13.1. The Labute approximate surface area is 153 Å². The first-order valence-electron chi connectivity index (χ1n) is 8.55. The second-order valence-corrected chi connectivity index (χ2v) is 6.77. The summed E-state index contributed by atoms with van der Waals surface area (Å²) in [7, 11) is 1.92. The summed E-state index contributed by atoms with van der Waals surface area (Å²) in [5.74, 6) is 0.612. The van der Waals surface area contributed by atoms with Crippen LogP contribution in [0.4, 0.5) is 0 Å². The van der Waals surface area contributed by atoms with E-state index in [0.717, 1.165) is 47.9 Å². The number of thioether (sulfide) groups is 1. The molecular weight excluding hydrogens is 334 g/mol. The van der Waals surface area contributed by atoms with Crippen LogP contribution in [0.1, 0.15) is 55.5 Å². The minimum Gasteiger partial charge on any atom is -0.312 e. The standard InChI is InChI=1S/C18H25N5OS/c1-4-6-16(7-5-2)20-21-17(24)15-10-8-14(9-11-15)12-25-18-22-19-13-23(18)3/h8-11,13H,4-7,12H2,1-3H3,(H,21,24). The molecule has 7 heteroatoms.